The van der Waals surface area contributed by atoms with Crippen LogP contribution in [0.15, 0.2) is 0 Å². The van der Waals surface area contributed by atoms with Gasteiger partial charge in [0.15, 0.2) is 0 Å². The van der Waals surface area contributed by atoms with Gasteiger partial charge < -0.3 is 120 Å². The summed E-state index contributed by atoms with van der Waals surface area (Å²) in [5.41, 5.74) is 47.0. The van der Waals surface area contributed by atoms with Crippen LogP contribution in [0.4, 0.5) is 0 Å². The topological polar surface area (TPSA) is 641 Å². The second kappa shape index (κ2) is 62.8. The van der Waals surface area contributed by atoms with Crippen LogP contribution in [0.3, 0.4) is 0 Å². The Bertz CT molecular complexity index is 3100. The minimum atomic E-state index is -1.37. The summed E-state index contributed by atoms with van der Waals surface area (Å²) < 4.78 is 0. The first-order chi connectivity index (χ1) is 56.5. The molecule has 0 aliphatic heterocycles. The number of carbonyl (C=O) groups is 15. The molecule has 120 heavy (non-hydrogen) atoms. The van der Waals surface area contributed by atoms with E-state index in [1.54, 1.807) is 13.8 Å². The normalized spacial score (nSPS) is 15.1. The van der Waals surface area contributed by atoms with Crippen molar-refractivity contribution in [3.05, 3.63) is 0 Å². The Labute approximate surface area is 713 Å². The van der Waals surface area contributed by atoms with Crippen LogP contribution in [0.2, 0.25) is 0 Å². The highest BCUT2D eigenvalue weighted by Gasteiger charge is 2.39. The van der Waals surface area contributed by atoms with E-state index >= 15 is 0 Å². The number of nitrogens with one attached hydrogen (secondary N) is 13. The Morgan fingerprint density at radius 1 is 0.217 bits per heavy atom. The third-order valence-electron chi connectivity index (χ3n) is 19.9. The Balaban J connectivity index is 7.41. The van der Waals surface area contributed by atoms with Gasteiger partial charge in [-0.25, -0.2) is 0 Å². The zero-order valence-electron chi connectivity index (χ0n) is 74.6. The molecule has 0 saturated heterocycles. The summed E-state index contributed by atoms with van der Waals surface area (Å²) in [4.78, 5) is 211. The Hall–Kier alpha value is -8.23. The molecular formula is C83H159N21O16. The summed E-state index contributed by atoms with van der Waals surface area (Å²) in [6, 6.07) is -17.4. The van der Waals surface area contributed by atoms with Gasteiger partial charge in [-0.2, -0.15) is 0 Å². The molecule has 0 aliphatic rings. The first kappa shape index (κ1) is 112. The average molecular weight is 1710 g/mol. The lowest BCUT2D eigenvalue weighted by Gasteiger charge is -2.30. The number of primary amides is 1. The van der Waals surface area contributed by atoms with Gasteiger partial charge in [0, 0.05) is 6.42 Å². The summed E-state index contributed by atoms with van der Waals surface area (Å²) in [5.74, 6) is -12.8. The predicted octanol–water partition coefficient (Wildman–Crippen LogP) is 0.0629. The lowest BCUT2D eigenvalue weighted by Crippen LogP contribution is -2.61. The quantitative estimate of drug-likeness (QED) is 0.0358. The van der Waals surface area contributed by atoms with E-state index in [4.69, 9.17) is 45.9 Å². The Morgan fingerprint density at radius 3 is 0.517 bits per heavy atom. The van der Waals surface area contributed by atoms with Gasteiger partial charge in [-0.05, 0) is 248 Å². The summed E-state index contributed by atoms with van der Waals surface area (Å²) in [6.45, 7) is 27.2. The van der Waals surface area contributed by atoms with Crippen molar-refractivity contribution in [3.63, 3.8) is 0 Å². The van der Waals surface area contributed by atoms with Crippen LogP contribution in [-0.4, -0.2) is 218 Å². The number of unbranched alkanes of at least 4 members (excludes halogenated alkanes) is 6. The molecule has 14 amide bonds. The van der Waals surface area contributed by atoms with E-state index in [0.29, 0.717) is 90.0 Å². The fourth-order valence-electron chi connectivity index (χ4n) is 13.5. The van der Waals surface area contributed by atoms with Gasteiger partial charge in [0.05, 0.1) is 6.04 Å². The van der Waals surface area contributed by atoms with E-state index in [-0.39, 0.29) is 158 Å². The molecule has 0 rings (SSSR count). The van der Waals surface area contributed by atoms with Crippen molar-refractivity contribution in [1.82, 2.24) is 69.1 Å². The molecule has 37 heteroatoms. The average Bonchev–Trinajstić information content (AvgIpc) is 0.852. The van der Waals surface area contributed by atoms with Gasteiger partial charge in [0.1, 0.15) is 78.5 Å². The first-order valence-electron chi connectivity index (χ1n) is 43.9. The van der Waals surface area contributed by atoms with Gasteiger partial charge in [-0.1, -0.05) is 96.9 Å². The molecule has 0 fully saturated rings. The summed E-state index contributed by atoms with van der Waals surface area (Å²) in [5, 5.41) is 45.3. The number of nitrogens with two attached hydrogens (primary N) is 8. The van der Waals surface area contributed by atoms with Gasteiger partial charge in [0.2, 0.25) is 82.7 Å². The van der Waals surface area contributed by atoms with E-state index in [0.717, 1.165) is 0 Å². The number of carbonyl (C=O) groups excluding carboxylic acids is 14. The van der Waals surface area contributed by atoms with Gasteiger partial charge in [0.25, 0.3) is 0 Å². The van der Waals surface area contributed by atoms with Crippen molar-refractivity contribution in [3.8, 4) is 0 Å². The zero-order valence-corrected chi connectivity index (χ0v) is 74.6. The van der Waals surface area contributed by atoms with Crippen LogP contribution in [0.1, 0.15) is 270 Å². The van der Waals surface area contributed by atoms with E-state index in [2.05, 4.69) is 69.1 Å². The van der Waals surface area contributed by atoms with Crippen LogP contribution in [0.25, 0.3) is 0 Å². The van der Waals surface area contributed by atoms with Crippen molar-refractivity contribution >= 4 is 88.7 Å². The second-order valence-electron chi connectivity index (χ2n) is 34.9. The van der Waals surface area contributed by atoms with Crippen LogP contribution < -0.4 is 115 Å². The highest BCUT2D eigenvalue weighted by Crippen LogP contribution is 2.19. The minimum Gasteiger partial charge on any atom is -0.481 e. The first-order valence-corrected chi connectivity index (χ1v) is 43.9. The van der Waals surface area contributed by atoms with Gasteiger partial charge in [-0.15, -0.1) is 0 Å². The molecule has 0 heterocycles. The van der Waals surface area contributed by atoms with E-state index < -0.39 is 180 Å². The fourth-order valence-corrected chi connectivity index (χ4v) is 13.5. The van der Waals surface area contributed by atoms with Gasteiger partial charge in [-0.3, -0.25) is 71.9 Å². The highest BCUT2D eigenvalue weighted by molar-refractivity contribution is 6.00. The second-order valence-corrected chi connectivity index (χ2v) is 34.9. The maximum Gasteiger partial charge on any atom is 0.303 e. The Morgan fingerprint density at radius 2 is 0.367 bits per heavy atom. The smallest absolute Gasteiger partial charge is 0.303 e. The zero-order chi connectivity index (χ0) is 91.3. The van der Waals surface area contributed by atoms with Crippen molar-refractivity contribution in [2.24, 2.45) is 87.3 Å². The number of carboxylic acids is 1. The maximum absolute atomic E-state index is 14.9. The van der Waals surface area contributed by atoms with E-state index in [9.17, 15) is 77.0 Å². The number of carboxylic acid groups (broad SMARTS) is 1. The number of amides is 14. The SMILES string of the molecule is CC(C)C[C@H](NC(=O)[C@H](CCCCN)NC(=O)[C@H](CCCCN)NC(=O)[C@H](CC(C)C)NC(=O)[C@H](CC(C)C)NC(=O)[C@H](CCCCN)NC(=O)[C@H](CCCCN)NC(=O)[C@H](CC(C)C)NC(=O)[C@H](CC(C)C)NC(=O)[C@H](CCCCN)NC(=O)[C@H](CCCCN)NC(=O)[C@H](CC(C)C)NC(=O)[C@@H](N)CC(C)C)C(=O)N[C@@H](CCC(=O)O)C(N)=O. The molecule has 0 aromatic heterocycles. The number of hydrogen-bond donors (Lipinski definition) is 22. The maximum atomic E-state index is 14.9. The molecule has 0 unspecified atom stereocenters. The molecule has 37 nitrogen and oxygen atoms in total. The highest BCUT2D eigenvalue weighted by atomic mass is 16.4. The van der Waals surface area contributed by atoms with Crippen molar-refractivity contribution in [1.29, 1.82) is 0 Å². The third kappa shape index (κ3) is 49.0. The molecule has 0 radical (unpaired) electrons. The van der Waals surface area contributed by atoms with E-state index in [1.807, 2.05) is 83.1 Å². The molecule has 0 spiro atoms. The molecule has 14 atom stereocenters. The fraction of sp³-hybridized carbons (Fsp3) is 0.819. The lowest BCUT2D eigenvalue weighted by atomic mass is 9.98. The molecular weight excluding hydrogens is 1550 g/mol. The number of hydrogen-bond acceptors (Lipinski definition) is 22. The van der Waals surface area contributed by atoms with Crippen molar-refractivity contribution < 1.29 is 77.0 Å². The number of rotatable bonds is 68. The van der Waals surface area contributed by atoms with E-state index in [1.165, 1.54) is 0 Å². The lowest BCUT2D eigenvalue weighted by molar-refractivity contribution is -0.138. The van der Waals surface area contributed by atoms with Crippen molar-refractivity contribution in [2.75, 3.05) is 39.3 Å². The standard InChI is InChI=1S/C83H159N21O16/c1-48(2)41-55(90)71(108)99-63(42-49(3)4)79(116)96-57(27-15-21-35-84)72(109)94-61(31-19-25-39-88)76(113)101-67(46-53(11)12)82(119)104-66(45-52(9)10)81(118)98-59(29-17-23-37-86)74(111)95-62(32-20-26-40-89)77(114)102-68(47-54(13)14)83(120)103-65(44-51(7)8)80(117)97-58(28-16-22-36-85)73(110)93-60(30-18-24-38-87)75(112)100-64(43-50(5)6)78(115)92-56(70(91)107)33-34-69(105)106/h48-68H,15-47,84-90H2,1-14H3,(H2,91,107)(H,92,115)(H,93,110)(H,94,109)(H,95,111)(H,96,116)(H,97,117)(H,98,118)(H,99,108)(H,100,112)(H,101,113)(H,102,114)(H,103,120)(H,104,119)(H,105,106)/t55-,56-,57-,58-,59-,60-,61-,62-,63-,64-,65-,66-,67-,68-/m0/s1. The molecule has 0 saturated carbocycles. The summed E-state index contributed by atoms with van der Waals surface area (Å²) in [7, 11) is 0. The molecule has 0 aromatic rings. The van der Waals surface area contributed by atoms with Crippen LogP contribution in [-0.2, 0) is 71.9 Å². The third-order valence-corrected chi connectivity index (χ3v) is 19.9. The minimum absolute atomic E-state index is 0.0180. The van der Waals surface area contributed by atoms with Crippen molar-refractivity contribution in [2.45, 2.75) is 355 Å². The van der Waals surface area contributed by atoms with Gasteiger partial charge >= 0.3 is 5.97 Å². The summed E-state index contributed by atoms with van der Waals surface area (Å²) >= 11 is 0. The largest absolute Gasteiger partial charge is 0.481 e. The molecule has 0 aromatic carbocycles. The Kier molecular flexibility index (Phi) is 58.5. The molecule has 692 valence electrons. The van der Waals surface area contributed by atoms with Crippen LogP contribution >= 0.6 is 0 Å². The molecule has 0 aliphatic carbocycles. The molecule has 30 N–H and O–H groups in total. The summed E-state index contributed by atoms with van der Waals surface area (Å²) in [6.07, 6.45) is 5.24. The number of aliphatic carboxylic acids is 1. The predicted molar refractivity (Wildman–Crippen MR) is 463 cm³/mol. The molecule has 0 bridgehead atoms. The van der Waals surface area contributed by atoms with Crippen LogP contribution in [0.5, 0.6) is 0 Å². The van der Waals surface area contributed by atoms with Crippen LogP contribution in [0, 0.1) is 41.4 Å². The monoisotopic (exact) mass is 1710 g/mol.